The van der Waals surface area contributed by atoms with Crippen LogP contribution in [-0.4, -0.2) is 23.1 Å². The molecule has 0 bridgehead atoms. The summed E-state index contributed by atoms with van der Waals surface area (Å²) in [7, 11) is 0. The molecule has 1 aromatic rings. The Bertz CT molecular complexity index is 822. The van der Waals surface area contributed by atoms with Gasteiger partial charge in [0.05, 0.1) is 0 Å². The number of allylic oxidation sites excluding steroid dienone is 1. The van der Waals surface area contributed by atoms with Gasteiger partial charge in [0.25, 0.3) is 0 Å². The van der Waals surface area contributed by atoms with Crippen LogP contribution in [0, 0.1) is 5.92 Å². The summed E-state index contributed by atoms with van der Waals surface area (Å²) in [6.07, 6.45) is 1.85. The summed E-state index contributed by atoms with van der Waals surface area (Å²) in [6.45, 7) is 6.65. The molecule has 3 rings (SSSR count). The lowest BCUT2D eigenvalue weighted by Crippen LogP contribution is -2.25. The molecule has 5 nitrogen and oxygen atoms in total. The van der Waals surface area contributed by atoms with E-state index in [4.69, 9.17) is 0 Å². The first-order valence-corrected chi connectivity index (χ1v) is 9.04. The van der Waals surface area contributed by atoms with Crippen molar-refractivity contribution >= 4 is 23.1 Å². The maximum absolute atomic E-state index is 13.1. The van der Waals surface area contributed by atoms with Crippen molar-refractivity contribution < 1.29 is 19.2 Å². The molecule has 1 aliphatic carbocycles. The van der Waals surface area contributed by atoms with E-state index in [1.807, 2.05) is 0 Å². The molecule has 136 valence electrons. The van der Waals surface area contributed by atoms with E-state index in [-0.39, 0.29) is 41.5 Å². The number of benzene rings is 1. The second kappa shape index (κ2) is 7.46. The van der Waals surface area contributed by atoms with Crippen molar-refractivity contribution in [1.82, 2.24) is 5.32 Å². The molecule has 1 unspecified atom stereocenters. The van der Waals surface area contributed by atoms with Crippen LogP contribution in [0.3, 0.4) is 0 Å². The quantitative estimate of drug-likeness (QED) is 0.665. The highest BCUT2D eigenvalue weighted by molar-refractivity contribution is 6.17. The lowest BCUT2D eigenvalue weighted by atomic mass is 9.81. The number of hydrogen-bond acceptors (Lipinski definition) is 5. The first-order valence-electron chi connectivity index (χ1n) is 9.04. The van der Waals surface area contributed by atoms with Gasteiger partial charge in [-0.2, -0.15) is 0 Å². The molecule has 0 amide bonds. The van der Waals surface area contributed by atoms with E-state index < -0.39 is 5.92 Å². The number of ketones is 4. The maximum atomic E-state index is 13.1. The summed E-state index contributed by atoms with van der Waals surface area (Å²) in [6, 6.07) is 3.51. The van der Waals surface area contributed by atoms with Crippen molar-refractivity contribution in [3.05, 3.63) is 46.5 Å². The summed E-state index contributed by atoms with van der Waals surface area (Å²) < 4.78 is 0. The fraction of sp³-hybridized carbons (Fsp3) is 0.429. The lowest BCUT2D eigenvalue weighted by Gasteiger charge is -2.20. The molecule has 1 N–H and O–H groups in total. The number of fused-ring (bicyclic) bond motifs is 1. The Labute approximate surface area is 152 Å². The first kappa shape index (κ1) is 18.4. The van der Waals surface area contributed by atoms with Crippen molar-refractivity contribution in [3.8, 4) is 0 Å². The Morgan fingerprint density at radius 3 is 2.35 bits per heavy atom. The zero-order chi connectivity index (χ0) is 18.8. The van der Waals surface area contributed by atoms with Gasteiger partial charge in [0, 0.05) is 55.0 Å². The summed E-state index contributed by atoms with van der Waals surface area (Å²) in [5.74, 6) is -1.11. The van der Waals surface area contributed by atoms with Gasteiger partial charge < -0.3 is 5.32 Å². The van der Waals surface area contributed by atoms with Gasteiger partial charge in [-0.25, -0.2) is 0 Å². The highest BCUT2D eigenvalue weighted by atomic mass is 16.1. The SMILES string of the molecule is C=C(C(=O)c1cc2c(cc1C(C)=O)CNC2)C1CCC(=O)CCCC1=O. The van der Waals surface area contributed by atoms with Crippen molar-refractivity contribution in [2.75, 3.05) is 0 Å². The second-order valence-corrected chi connectivity index (χ2v) is 7.13. The zero-order valence-corrected chi connectivity index (χ0v) is 15.0. The third kappa shape index (κ3) is 3.58. The number of carbonyl (C=O) groups is 4. The van der Waals surface area contributed by atoms with Gasteiger partial charge >= 0.3 is 0 Å². The fourth-order valence-electron chi connectivity index (χ4n) is 3.75. The highest BCUT2D eigenvalue weighted by Crippen LogP contribution is 2.29. The smallest absolute Gasteiger partial charge is 0.189 e. The standard InChI is InChI=1S/C21H23NO4/c1-12(17-7-6-16(24)4-3-5-20(17)25)21(26)19-9-15-11-22-10-14(15)8-18(19)13(2)23/h8-9,17,22H,1,3-7,10-11H2,2H3. The van der Waals surface area contributed by atoms with E-state index >= 15 is 0 Å². The topological polar surface area (TPSA) is 80.3 Å². The fourth-order valence-corrected chi connectivity index (χ4v) is 3.75. The molecule has 1 aromatic carbocycles. The van der Waals surface area contributed by atoms with E-state index in [1.54, 1.807) is 12.1 Å². The van der Waals surface area contributed by atoms with Gasteiger partial charge in [0.15, 0.2) is 11.6 Å². The third-order valence-corrected chi connectivity index (χ3v) is 5.29. The molecule has 26 heavy (non-hydrogen) atoms. The molecule has 2 aliphatic rings. The van der Waals surface area contributed by atoms with Crippen molar-refractivity contribution in [3.63, 3.8) is 0 Å². The number of rotatable bonds is 4. The molecule has 1 heterocycles. The summed E-state index contributed by atoms with van der Waals surface area (Å²) in [5, 5.41) is 3.20. The Hall–Kier alpha value is -2.40. The Morgan fingerprint density at radius 2 is 1.69 bits per heavy atom. The number of nitrogens with one attached hydrogen (secondary N) is 1. The van der Waals surface area contributed by atoms with Crippen molar-refractivity contribution in [2.45, 2.75) is 52.1 Å². The van der Waals surface area contributed by atoms with Gasteiger partial charge in [0.2, 0.25) is 0 Å². The summed E-state index contributed by atoms with van der Waals surface area (Å²) in [4.78, 5) is 49.3. The van der Waals surface area contributed by atoms with Crippen molar-refractivity contribution in [2.24, 2.45) is 5.92 Å². The van der Waals surface area contributed by atoms with E-state index in [0.29, 0.717) is 43.5 Å². The van der Waals surface area contributed by atoms with Gasteiger partial charge in [-0.3, -0.25) is 19.2 Å². The molecule has 1 saturated carbocycles. The number of carbonyl (C=O) groups excluding carboxylic acids is 4. The predicted molar refractivity (Wildman–Crippen MR) is 97.0 cm³/mol. The molecule has 0 saturated heterocycles. The monoisotopic (exact) mass is 353 g/mol. The van der Waals surface area contributed by atoms with Gasteiger partial charge in [-0.05, 0) is 43.0 Å². The molecule has 1 aliphatic heterocycles. The first-order chi connectivity index (χ1) is 12.4. The third-order valence-electron chi connectivity index (χ3n) is 5.29. The molecule has 0 spiro atoms. The number of Topliss-reactive ketones (excluding diaryl/α,β-unsaturated/α-hetero) is 4. The molecule has 1 fully saturated rings. The van der Waals surface area contributed by atoms with E-state index in [9.17, 15) is 19.2 Å². The Balaban J connectivity index is 1.92. The zero-order valence-electron chi connectivity index (χ0n) is 15.0. The molecule has 1 atom stereocenters. The normalized spacial score (nSPS) is 20.3. The van der Waals surface area contributed by atoms with Crippen LogP contribution in [0.2, 0.25) is 0 Å². The molecular weight excluding hydrogens is 330 g/mol. The van der Waals surface area contributed by atoms with E-state index in [2.05, 4.69) is 11.9 Å². The molecule has 5 heteroatoms. The minimum absolute atomic E-state index is 0.0388. The lowest BCUT2D eigenvalue weighted by molar-refractivity contribution is -0.124. The van der Waals surface area contributed by atoms with E-state index in [0.717, 1.165) is 11.1 Å². The van der Waals surface area contributed by atoms with Crippen LogP contribution in [0.1, 0.15) is 70.9 Å². The molecule has 0 radical (unpaired) electrons. The Morgan fingerprint density at radius 1 is 1.04 bits per heavy atom. The van der Waals surface area contributed by atoms with Gasteiger partial charge in [-0.1, -0.05) is 6.58 Å². The Kier molecular flexibility index (Phi) is 5.28. The van der Waals surface area contributed by atoms with Crippen LogP contribution in [0.15, 0.2) is 24.3 Å². The average Bonchev–Trinajstić information content (AvgIpc) is 3.05. The average molecular weight is 353 g/mol. The van der Waals surface area contributed by atoms with Crippen LogP contribution in [0.5, 0.6) is 0 Å². The van der Waals surface area contributed by atoms with Gasteiger partial charge in [-0.15, -0.1) is 0 Å². The second-order valence-electron chi connectivity index (χ2n) is 7.13. The molecule has 0 aromatic heterocycles. The summed E-state index contributed by atoms with van der Waals surface area (Å²) >= 11 is 0. The largest absolute Gasteiger partial charge is 0.309 e. The molecular formula is C21H23NO4. The van der Waals surface area contributed by atoms with E-state index in [1.165, 1.54) is 6.92 Å². The van der Waals surface area contributed by atoms with Crippen molar-refractivity contribution in [1.29, 1.82) is 0 Å². The minimum Gasteiger partial charge on any atom is -0.309 e. The van der Waals surface area contributed by atoms with Crippen LogP contribution in [0.25, 0.3) is 0 Å². The van der Waals surface area contributed by atoms with Crippen LogP contribution in [0.4, 0.5) is 0 Å². The maximum Gasteiger partial charge on any atom is 0.189 e. The minimum atomic E-state index is -0.641. The van der Waals surface area contributed by atoms with Crippen LogP contribution >= 0.6 is 0 Å². The summed E-state index contributed by atoms with van der Waals surface area (Å²) in [5.41, 5.74) is 2.88. The van der Waals surface area contributed by atoms with Crippen LogP contribution < -0.4 is 5.32 Å². The van der Waals surface area contributed by atoms with Gasteiger partial charge in [0.1, 0.15) is 11.6 Å². The number of hydrogen-bond donors (Lipinski definition) is 1. The predicted octanol–water partition coefficient (Wildman–Crippen LogP) is 2.95. The highest BCUT2D eigenvalue weighted by Gasteiger charge is 2.30. The van der Waals surface area contributed by atoms with Crippen LogP contribution in [-0.2, 0) is 22.7 Å².